The zero-order valence-electron chi connectivity index (χ0n) is 16.1. The predicted molar refractivity (Wildman–Crippen MR) is 112 cm³/mol. The molecule has 0 aliphatic heterocycles. The van der Waals surface area contributed by atoms with Gasteiger partial charge < -0.3 is 10.6 Å². The van der Waals surface area contributed by atoms with Gasteiger partial charge >= 0.3 is 0 Å². The van der Waals surface area contributed by atoms with Crippen molar-refractivity contribution in [3.8, 4) is 11.3 Å². The molecule has 5 nitrogen and oxygen atoms in total. The van der Waals surface area contributed by atoms with Crippen LogP contribution in [0, 0.1) is 0 Å². The fourth-order valence-corrected chi connectivity index (χ4v) is 3.79. The number of nitrogens with one attached hydrogen (secondary N) is 1. The summed E-state index contributed by atoms with van der Waals surface area (Å²) in [5.74, 6) is 0.121. The number of carbonyl (C=O) groups is 1. The van der Waals surface area contributed by atoms with E-state index >= 15 is 0 Å². The van der Waals surface area contributed by atoms with Crippen molar-refractivity contribution in [2.75, 3.05) is 13.6 Å². The van der Waals surface area contributed by atoms with E-state index in [1.807, 2.05) is 30.1 Å². The minimum atomic E-state index is -0.599. The SMILES string of the molecule is CN(CCCCCc1cc(-c2ccccc2)n[nH]1)C(=O)C1(N)CCCC1.Cl. The molecule has 1 fully saturated rings. The van der Waals surface area contributed by atoms with Crippen LogP contribution in [-0.2, 0) is 11.2 Å². The third-order valence-electron chi connectivity index (χ3n) is 5.41. The van der Waals surface area contributed by atoms with Crippen LogP contribution in [0.4, 0.5) is 0 Å². The molecule has 148 valence electrons. The normalized spacial score (nSPS) is 15.3. The van der Waals surface area contributed by atoms with E-state index < -0.39 is 5.54 Å². The lowest BCUT2D eigenvalue weighted by Crippen LogP contribution is -2.52. The molecule has 0 spiro atoms. The van der Waals surface area contributed by atoms with E-state index in [4.69, 9.17) is 5.73 Å². The van der Waals surface area contributed by atoms with Gasteiger partial charge in [-0.2, -0.15) is 5.10 Å². The monoisotopic (exact) mass is 390 g/mol. The van der Waals surface area contributed by atoms with Crippen molar-refractivity contribution in [3.63, 3.8) is 0 Å². The number of nitrogens with zero attached hydrogens (tertiary/aromatic N) is 2. The van der Waals surface area contributed by atoms with Crippen LogP contribution in [-0.4, -0.2) is 40.1 Å². The fraction of sp³-hybridized carbons (Fsp3) is 0.524. The second-order valence-electron chi connectivity index (χ2n) is 7.55. The summed E-state index contributed by atoms with van der Waals surface area (Å²) in [5, 5.41) is 7.53. The Balaban J connectivity index is 0.00000261. The number of hydrogen-bond donors (Lipinski definition) is 2. The number of unbranched alkanes of at least 4 members (excludes halogenated alkanes) is 2. The van der Waals surface area contributed by atoms with Gasteiger partial charge in [-0.15, -0.1) is 12.4 Å². The molecule has 0 radical (unpaired) electrons. The van der Waals surface area contributed by atoms with Crippen molar-refractivity contribution in [2.45, 2.75) is 56.9 Å². The first-order valence-electron chi connectivity index (χ1n) is 9.73. The Kier molecular flexibility index (Phi) is 7.87. The lowest BCUT2D eigenvalue weighted by molar-refractivity contribution is -0.135. The molecule has 1 aromatic carbocycles. The summed E-state index contributed by atoms with van der Waals surface area (Å²) in [7, 11) is 1.89. The second kappa shape index (κ2) is 9.90. The van der Waals surface area contributed by atoms with Gasteiger partial charge in [0.1, 0.15) is 0 Å². The Hall–Kier alpha value is -1.85. The molecule has 0 bridgehead atoms. The Morgan fingerprint density at radius 1 is 1.19 bits per heavy atom. The third kappa shape index (κ3) is 5.56. The van der Waals surface area contributed by atoms with Crippen molar-refractivity contribution < 1.29 is 4.79 Å². The maximum Gasteiger partial charge on any atom is 0.242 e. The molecule has 0 atom stereocenters. The summed E-state index contributed by atoms with van der Waals surface area (Å²) in [4.78, 5) is 14.3. The molecule has 1 aliphatic rings. The summed E-state index contributed by atoms with van der Waals surface area (Å²) in [6, 6.07) is 12.3. The smallest absolute Gasteiger partial charge is 0.242 e. The summed E-state index contributed by atoms with van der Waals surface area (Å²) >= 11 is 0. The van der Waals surface area contributed by atoms with Gasteiger partial charge in [-0.05, 0) is 38.2 Å². The van der Waals surface area contributed by atoms with Gasteiger partial charge in [-0.1, -0.05) is 49.6 Å². The molecular weight excluding hydrogens is 360 g/mol. The number of halogens is 1. The molecule has 1 aliphatic carbocycles. The fourth-order valence-electron chi connectivity index (χ4n) is 3.79. The number of amides is 1. The van der Waals surface area contributed by atoms with Crippen LogP contribution in [0.5, 0.6) is 0 Å². The van der Waals surface area contributed by atoms with E-state index in [0.717, 1.165) is 69.2 Å². The van der Waals surface area contributed by atoms with Gasteiger partial charge in [0.25, 0.3) is 0 Å². The highest BCUT2D eigenvalue weighted by molar-refractivity contribution is 5.86. The molecule has 0 saturated heterocycles. The molecule has 3 rings (SSSR count). The number of rotatable bonds is 8. The van der Waals surface area contributed by atoms with E-state index in [-0.39, 0.29) is 18.3 Å². The number of carbonyl (C=O) groups excluding carboxylic acids is 1. The Bertz CT molecular complexity index is 710. The number of aromatic amines is 1. The molecule has 1 saturated carbocycles. The first kappa shape index (κ1) is 21.5. The van der Waals surface area contributed by atoms with E-state index in [1.165, 1.54) is 5.69 Å². The predicted octanol–water partition coefficient (Wildman–Crippen LogP) is 3.94. The molecular formula is C21H31ClN4O. The molecule has 1 heterocycles. The lowest BCUT2D eigenvalue weighted by atomic mass is 9.97. The molecule has 0 unspecified atom stereocenters. The summed E-state index contributed by atoms with van der Waals surface area (Å²) in [5.41, 5.74) is 8.96. The molecule has 3 N–H and O–H groups in total. The van der Waals surface area contributed by atoms with Crippen LogP contribution in [0.15, 0.2) is 36.4 Å². The number of benzene rings is 1. The molecule has 6 heteroatoms. The quantitative estimate of drug-likeness (QED) is 0.670. The van der Waals surface area contributed by atoms with Crippen molar-refractivity contribution in [1.82, 2.24) is 15.1 Å². The van der Waals surface area contributed by atoms with Gasteiger partial charge in [0.2, 0.25) is 5.91 Å². The minimum absolute atomic E-state index is 0. The van der Waals surface area contributed by atoms with E-state index in [1.54, 1.807) is 0 Å². The van der Waals surface area contributed by atoms with E-state index in [9.17, 15) is 4.79 Å². The van der Waals surface area contributed by atoms with Gasteiger partial charge in [-0.25, -0.2) is 0 Å². The van der Waals surface area contributed by atoms with E-state index in [0.29, 0.717) is 0 Å². The van der Waals surface area contributed by atoms with Crippen LogP contribution >= 0.6 is 12.4 Å². The van der Waals surface area contributed by atoms with E-state index in [2.05, 4.69) is 28.4 Å². The largest absolute Gasteiger partial charge is 0.344 e. The second-order valence-corrected chi connectivity index (χ2v) is 7.55. The average molecular weight is 391 g/mol. The third-order valence-corrected chi connectivity index (χ3v) is 5.41. The highest BCUT2D eigenvalue weighted by Crippen LogP contribution is 2.28. The van der Waals surface area contributed by atoms with Crippen LogP contribution < -0.4 is 5.73 Å². The standard InChI is InChI=1S/C21H30N4O.ClH/c1-25(20(26)21(22)13-7-8-14-21)15-9-3-6-12-18-16-19(24-23-18)17-10-4-2-5-11-17;/h2,4-5,10-11,16H,3,6-9,12-15,22H2,1H3,(H,23,24);1H. The van der Waals surface area contributed by atoms with Crippen molar-refractivity contribution in [2.24, 2.45) is 5.73 Å². The Labute approximate surface area is 168 Å². The van der Waals surface area contributed by atoms with Crippen molar-refractivity contribution >= 4 is 18.3 Å². The van der Waals surface area contributed by atoms with Crippen molar-refractivity contribution in [1.29, 1.82) is 0 Å². The first-order chi connectivity index (χ1) is 12.6. The lowest BCUT2D eigenvalue weighted by Gasteiger charge is -2.28. The molecule has 2 aromatic rings. The number of nitrogens with two attached hydrogens (primary N) is 1. The number of aromatic nitrogens is 2. The van der Waals surface area contributed by atoms with Crippen LogP contribution in [0.1, 0.15) is 50.6 Å². The topological polar surface area (TPSA) is 75.0 Å². The number of H-pyrrole nitrogens is 1. The zero-order chi connectivity index (χ0) is 18.4. The Morgan fingerprint density at radius 2 is 1.89 bits per heavy atom. The highest BCUT2D eigenvalue weighted by Gasteiger charge is 2.38. The maximum atomic E-state index is 12.5. The first-order valence-corrected chi connectivity index (χ1v) is 9.73. The van der Waals surface area contributed by atoms with Gasteiger partial charge in [0, 0.05) is 24.8 Å². The summed E-state index contributed by atoms with van der Waals surface area (Å²) in [6.07, 6.45) is 7.99. The summed E-state index contributed by atoms with van der Waals surface area (Å²) in [6.45, 7) is 0.788. The minimum Gasteiger partial charge on any atom is -0.344 e. The van der Waals surface area contributed by atoms with Gasteiger partial charge in [0.15, 0.2) is 0 Å². The Morgan fingerprint density at radius 3 is 2.59 bits per heavy atom. The maximum absolute atomic E-state index is 12.5. The molecule has 1 aromatic heterocycles. The van der Waals surface area contributed by atoms with Crippen molar-refractivity contribution in [3.05, 3.63) is 42.1 Å². The average Bonchev–Trinajstić information content (AvgIpc) is 3.31. The number of hydrogen-bond acceptors (Lipinski definition) is 3. The van der Waals surface area contributed by atoms with Gasteiger partial charge in [0.05, 0.1) is 11.2 Å². The molecule has 27 heavy (non-hydrogen) atoms. The number of likely N-dealkylation sites (N-methyl/N-ethyl adjacent to an activating group) is 1. The van der Waals surface area contributed by atoms with Gasteiger partial charge in [-0.3, -0.25) is 9.89 Å². The number of aryl methyl sites for hydroxylation is 1. The summed E-state index contributed by atoms with van der Waals surface area (Å²) < 4.78 is 0. The van der Waals surface area contributed by atoms with Crippen LogP contribution in [0.3, 0.4) is 0 Å². The van der Waals surface area contributed by atoms with Crippen LogP contribution in [0.25, 0.3) is 11.3 Å². The zero-order valence-corrected chi connectivity index (χ0v) is 16.9. The highest BCUT2D eigenvalue weighted by atomic mass is 35.5. The van der Waals surface area contributed by atoms with Crippen LogP contribution in [0.2, 0.25) is 0 Å². The molecule has 1 amide bonds.